The highest BCUT2D eigenvalue weighted by atomic mass is 35.5. The molecule has 1 rings (SSSR count). The van der Waals surface area contributed by atoms with Gasteiger partial charge in [-0.15, -0.1) is 11.6 Å². The van der Waals surface area contributed by atoms with Gasteiger partial charge in [-0.25, -0.2) is 4.68 Å². The maximum absolute atomic E-state index is 10.9. The van der Waals surface area contributed by atoms with Gasteiger partial charge in [0.25, 0.3) is 0 Å². The van der Waals surface area contributed by atoms with E-state index >= 15 is 0 Å². The Hall–Kier alpha value is -1.23. The zero-order valence-corrected chi connectivity index (χ0v) is 8.13. The maximum atomic E-state index is 10.9. The molecule has 0 bridgehead atoms. The molecule has 13 heavy (non-hydrogen) atoms. The molecule has 6 heteroatoms. The Morgan fingerprint density at radius 3 is 3.00 bits per heavy atom. The minimum Gasteiger partial charge on any atom is -0.481 e. The van der Waals surface area contributed by atoms with E-state index in [0.717, 1.165) is 0 Å². The Bertz CT molecular complexity index is 311. The largest absolute Gasteiger partial charge is 0.481 e. The summed E-state index contributed by atoms with van der Waals surface area (Å²) in [6.07, 6.45) is 0. The second-order valence-corrected chi connectivity index (χ2v) is 2.64. The second-order valence-electron chi connectivity index (χ2n) is 2.38. The van der Waals surface area contributed by atoms with Crippen molar-refractivity contribution in [3.8, 4) is 5.88 Å². The van der Waals surface area contributed by atoms with Gasteiger partial charge >= 0.3 is 0 Å². The molecule has 0 radical (unpaired) electrons. The number of rotatable bonds is 3. The van der Waals surface area contributed by atoms with E-state index in [1.165, 1.54) is 11.8 Å². The van der Waals surface area contributed by atoms with Crippen molar-refractivity contribution < 1.29 is 9.53 Å². The summed E-state index contributed by atoms with van der Waals surface area (Å²) in [6.45, 7) is 0. The van der Waals surface area contributed by atoms with Gasteiger partial charge in [0, 0.05) is 13.1 Å². The monoisotopic (exact) mass is 203 g/mol. The van der Waals surface area contributed by atoms with Crippen molar-refractivity contribution in [2.24, 2.45) is 7.05 Å². The number of carbonyl (C=O) groups excluding carboxylic acids is 1. The molecule has 0 aromatic carbocycles. The first kappa shape index (κ1) is 9.85. The summed E-state index contributed by atoms with van der Waals surface area (Å²) in [5, 5.41) is 6.47. The van der Waals surface area contributed by atoms with E-state index in [1.807, 2.05) is 0 Å². The van der Waals surface area contributed by atoms with Crippen LogP contribution in [-0.2, 0) is 11.8 Å². The van der Waals surface area contributed by atoms with Crippen LogP contribution in [0, 0.1) is 0 Å². The summed E-state index contributed by atoms with van der Waals surface area (Å²) in [6, 6.07) is 1.62. The number of hydrogen-bond donors (Lipinski definition) is 1. The topological polar surface area (TPSA) is 56.1 Å². The van der Waals surface area contributed by atoms with Crippen LogP contribution in [0.5, 0.6) is 5.88 Å². The number of amides is 1. The van der Waals surface area contributed by atoms with E-state index in [1.54, 1.807) is 13.1 Å². The van der Waals surface area contributed by atoms with Gasteiger partial charge in [-0.2, -0.15) is 5.10 Å². The number of aromatic nitrogens is 2. The molecule has 1 aromatic heterocycles. The van der Waals surface area contributed by atoms with Crippen LogP contribution in [0.1, 0.15) is 0 Å². The number of methoxy groups -OCH3 is 1. The van der Waals surface area contributed by atoms with Crippen molar-refractivity contribution >= 4 is 23.3 Å². The highest BCUT2D eigenvalue weighted by molar-refractivity contribution is 6.28. The molecule has 0 unspecified atom stereocenters. The number of anilines is 1. The first-order chi connectivity index (χ1) is 6.17. The Balaban J connectivity index is 2.73. The fourth-order valence-electron chi connectivity index (χ4n) is 0.878. The number of hydrogen-bond acceptors (Lipinski definition) is 3. The first-order valence-electron chi connectivity index (χ1n) is 3.61. The van der Waals surface area contributed by atoms with Crippen molar-refractivity contribution in [1.82, 2.24) is 9.78 Å². The minimum absolute atomic E-state index is 0.0844. The summed E-state index contributed by atoms with van der Waals surface area (Å²) >= 11 is 5.30. The predicted molar refractivity (Wildman–Crippen MR) is 49.1 cm³/mol. The molecule has 0 fully saturated rings. The molecule has 0 atom stereocenters. The van der Waals surface area contributed by atoms with Crippen LogP contribution < -0.4 is 10.1 Å². The van der Waals surface area contributed by atoms with Gasteiger partial charge < -0.3 is 10.1 Å². The lowest BCUT2D eigenvalue weighted by Gasteiger charge is -1.95. The lowest BCUT2D eigenvalue weighted by Crippen LogP contribution is -2.13. The van der Waals surface area contributed by atoms with Crippen LogP contribution in [0.25, 0.3) is 0 Å². The molecular weight excluding hydrogens is 194 g/mol. The molecule has 0 aliphatic heterocycles. The lowest BCUT2D eigenvalue weighted by molar-refractivity contribution is -0.113. The van der Waals surface area contributed by atoms with E-state index in [4.69, 9.17) is 16.3 Å². The van der Waals surface area contributed by atoms with E-state index in [2.05, 4.69) is 10.4 Å². The van der Waals surface area contributed by atoms with Crippen molar-refractivity contribution in [2.75, 3.05) is 18.3 Å². The Morgan fingerprint density at radius 1 is 1.85 bits per heavy atom. The van der Waals surface area contributed by atoms with Crippen LogP contribution in [0.4, 0.5) is 5.82 Å². The van der Waals surface area contributed by atoms with Crippen LogP contribution >= 0.6 is 11.6 Å². The smallest absolute Gasteiger partial charge is 0.240 e. The summed E-state index contributed by atoms with van der Waals surface area (Å²) in [7, 11) is 3.25. The van der Waals surface area contributed by atoms with Gasteiger partial charge in [0.05, 0.1) is 7.11 Å². The fraction of sp³-hybridized carbons (Fsp3) is 0.429. The van der Waals surface area contributed by atoms with Crippen LogP contribution in [-0.4, -0.2) is 28.7 Å². The van der Waals surface area contributed by atoms with E-state index in [0.29, 0.717) is 11.7 Å². The first-order valence-corrected chi connectivity index (χ1v) is 4.14. The molecule has 72 valence electrons. The van der Waals surface area contributed by atoms with Crippen LogP contribution in [0.15, 0.2) is 6.07 Å². The normalized spacial score (nSPS) is 9.77. The van der Waals surface area contributed by atoms with Crippen LogP contribution in [0.3, 0.4) is 0 Å². The highest BCUT2D eigenvalue weighted by Gasteiger charge is 2.06. The maximum Gasteiger partial charge on any atom is 0.240 e. The minimum atomic E-state index is -0.289. The SMILES string of the molecule is COc1cc(NC(=O)CCl)nn1C. The number of alkyl halides is 1. The average Bonchev–Trinajstić information content (AvgIpc) is 2.46. The Kier molecular flexibility index (Phi) is 3.13. The number of ether oxygens (including phenoxy) is 1. The van der Waals surface area contributed by atoms with Gasteiger partial charge in [0.1, 0.15) is 5.88 Å². The molecule has 5 nitrogen and oxygen atoms in total. The summed E-state index contributed by atoms with van der Waals surface area (Å²) in [5.74, 6) is 0.635. The zero-order valence-electron chi connectivity index (χ0n) is 7.37. The van der Waals surface area contributed by atoms with Crippen molar-refractivity contribution in [3.05, 3.63) is 6.07 Å². The molecular formula is C7H10ClN3O2. The van der Waals surface area contributed by atoms with Gasteiger partial charge in [-0.3, -0.25) is 4.79 Å². The second kappa shape index (κ2) is 4.13. The molecule has 0 spiro atoms. The zero-order chi connectivity index (χ0) is 9.84. The molecule has 1 N–H and O–H groups in total. The number of nitrogens with one attached hydrogen (secondary N) is 1. The van der Waals surface area contributed by atoms with Crippen molar-refractivity contribution in [3.63, 3.8) is 0 Å². The van der Waals surface area contributed by atoms with Crippen molar-refractivity contribution in [1.29, 1.82) is 0 Å². The van der Waals surface area contributed by atoms with E-state index in [-0.39, 0.29) is 11.8 Å². The number of nitrogens with zero attached hydrogens (tertiary/aromatic N) is 2. The quantitative estimate of drug-likeness (QED) is 0.733. The Labute approximate surface area is 80.6 Å². The summed E-state index contributed by atoms with van der Waals surface area (Å²) < 4.78 is 6.47. The number of carbonyl (C=O) groups is 1. The summed E-state index contributed by atoms with van der Waals surface area (Å²) in [4.78, 5) is 10.9. The molecule has 0 saturated carbocycles. The molecule has 0 aliphatic carbocycles. The molecule has 1 heterocycles. The third-order valence-electron chi connectivity index (χ3n) is 1.43. The lowest BCUT2D eigenvalue weighted by atomic mass is 10.5. The Morgan fingerprint density at radius 2 is 2.54 bits per heavy atom. The fourth-order valence-corrected chi connectivity index (χ4v) is 0.945. The molecule has 0 aliphatic rings. The number of aryl methyl sites for hydroxylation is 1. The van der Waals surface area contributed by atoms with Gasteiger partial charge in [-0.1, -0.05) is 0 Å². The van der Waals surface area contributed by atoms with Gasteiger partial charge in [0.2, 0.25) is 11.8 Å². The van der Waals surface area contributed by atoms with Gasteiger partial charge in [-0.05, 0) is 0 Å². The van der Waals surface area contributed by atoms with Gasteiger partial charge in [0.15, 0.2) is 5.82 Å². The third-order valence-corrected chi connectivity index (χ3v) is 1.68. The van der Waals surface area contributed by atoms with Crippen molar-refractivity contribution in [2.45, 2.75) is 0 Å². The number of halogens is 1. The van der Waals surface area contributed by atoms with E-state index < -0.39 is 0 Å². The predicted octanol–water partition coefficient (Wildman–Crippen LogP) is 0.606. The summed E-state index contributed by atoms with van der Waals surface area (Å²) in [5.41, 5.74) is 0. The highest BCUT2D eigenvalue weighted by Crippen LogP contribution is 2.14. The molecule has 1 amide bonds. The third kappa shape index (κ3) is 2.35. The van der Waals surface area contributed by atoms with E-state index in [9.17, 15) is 4.79 Å². The average molecular weight is 204 g/mol. The molecule has 0 saturated heterocycles. The standard InChI is InChI=1S/C7H10ClN3O2/c1-11-7(13-2)3-5(10-11)9-6(12)4-8/h3H,4H2,1-2H3,(H,9,10,12). The molecule has 1 aromatic rings. The van der Waals surface area contributed by atoms with Crippen LogP contribution in [0.2, 0.25) is 0 Å².